The second-order valence-corrected chi connectivity index (χ2v) is 4.90. The maximum absolute atomic E-state index is 11.6. The van der Waals surface area contributed by atoms with Crippen molar-refractivity contribution in [2.24, 2.45) is 0 Å². The van der Waals surface area contributed by atoms with E-state index in [-0.39, 0.29) is 6.03 Å². The monoisotopic (exact) mass is 256 g/mol. The Morgan fingerprint density at radius 2 is 2.12 bits per heavy atom. The molecule has 0 aromatic carbocycles. The second-order valence-electron chi connectivity index (χ2n) is 3.64. The number of hydrogen-bond acceptors (Lipinski definition) is 4. The van der Waals surface area contributed by atoms with Gasteiger partial charge in [-0.05, 0) is 19.9 Å². The number of anilines is 1. The molecule has 1 aromatic heterocycles. The fraction of sp³-hybridized carbons (Fsp3) is 0.455. The van der Waals surface area contributed by atoms with E-state index < -0.39 is 5.97 Å². The molecule has 0 saturated carbocycles. The highest BCUT2D eigenvalue weighted by molar-refractivity contribution is 7.16. The molecule has 5 nitrogen and oxygen atoms in total. The van der Waals surface area contributed by atoms with E-state index in [2.05, 4.69) is 5.32 Å². The normalized spacial score (nSPS) is 9.88. The Balaban J connectivity index is 2.92. The van der Waals surface area contributed by atoms with Crippen LogP contribution >= 0.6 is 11.3 Å². The summed E-state index contributed by atoms with van der Waals surface area (Å²) in [6.07, 6.45) is 0. The molecule has 2 amide bonds. The third-order valence-corrected chi connectivity index (χ3v) is 2.94. The van der Waals surface area contributed by atoms with Gasteiger partial charge in [-0.1, -0.05) is 0 Å². The maximum Gasteiger partial charge on any atom is 0.341 e. The van der Waals surface area contributed by atoms with Gasteiger partial charge >= 0.3 is 12.0 Å². The number of amides is 2. The summed E-state index contributed by atoms with van der Waals surface area (Å²) < 4.78 is 4.93. The van der Waals surface area contributed by atoms with Crippen molar-refractivity contribution in [3.63, 3.8) is 0 Å². The molecule has 0 fully saturated rings. The van der Waals surface area contributed by atoms with E-state index in [0.29, 0.717) is 17.2 Å². The molecule has 1 aromatic rings. The van der Waals surface area contributed by atoms with Crippen molar-refractivity contribution in [3.8, 4) is 0 Å². The van der Waals surface area contributed by atoms with Crippen molar-refractivity contribution in [3.05, 3.63) is 16.5 Å². The van der Waals surface area contributed by atoms with Gasteiger partial charge in [-0.3, -0.25) is 5.32 Å². The lowest BCUT2D eigenvalue weighted by Crippen LogP contribution is -2.27. The van der Waals surface area contributed by atoms with Crippen LogP contribution < -0.4 is 5.32 Å². The van der Waals surface area contributed by atoms with Gasteiger partial charge in [0, 0.05) is 19.0 Å². The Hall–Kier alpha value is -1.56. The van der Waals surface area contributed by atoms with E-state index in [4.69, 9.17) is 4.74 Å². The Bertz CT molecular complexity index is 426. The largest absolute Gasteiger partial charge is 0.462 e. The smallest absolute Gasteiger partial charge is 0.341 e. The van der Waals surface area contributed by atoms with Gasteiger partial charge < -0.3 is 9.64 Å². The minimum atomic E-state index is -0.411. The quantitative estimate of drug-likeness (QED) is 0.844. The Kier molecular flexibility index (Phi) is 4.51. The minimum absolute atomic E-state index is 0.266. The number of esters is 1. The van der Waals surface area contributed by atoms with Crippen molar-refractivity contribution < 1.29 is 14.3 Å². The predicted octanol–water partition coefficient (Wildman–Crippen LogP) is 2.33. The molecule has 0 aliphatic carbocycles. The number of hydrogen-bond donors (Lipinski definition) is 1. The van der Waals surface area contributed by atoms with E-state index >= 15 is 0 Å². The minimum Gasteiger partial charge on any atom is -0.462 e. The number of rotatable bonds is 3. The van der Waals surface area contributed by atoms with E-state index in [9.17, 15) is 9.59 Å². The average molecular weight is 256 g/mol. The zero-order chi connectivity index (χ0) is 13.0. The molecule has 0 unspecified atom stereocenters. The van der Waals surface area contributed by atoms with Crippen LogP contribution in [0.2, 0.25) is 0 Å². The molecule has 0 saturated heterocycles. The highest BCUT2D eigenvalue weighted by Crippen LogP contribution is 2.28. The number of carbonyl (C=O) groups is 2. The molecule has 6 heteroatoms. The fourth-order valence-electron chi connectivity index (χ4n) is 1.18. The first-order valence-electron chi connectivity index (χ1n) is 5.21. The highest BCUT2D eigenvalue weighted by Gasteiger charge is 2.18. The summed E-state index contributed by atoms with van der Waals surface area (Å²) in [5.74, 6) is -0.411. The Morgan fingerprint density at radius 1 is 1.47 bits per heavy atom. The van der Waals surface area contributed by atoms with Crippen LogP contribution in [0.15, 0.2) is 6.07 Å². The number of nitrogens with zero attached hydrogens (tertiary/aromatic N) is 1. The Morgan fingerprint density at radius 3 is 2.65 bits per heavy atom. The standard InChI is InChI=1S/C11H16N2O3S/c1-5-16-10(14)8-6-7(2)17-9(8)12-11(15)13(3)4/h6H,5H2,1-4H3,(H,12,15). The van der Waals surface area contributed by atoms with Crippen molar-refractivity contribution in [2.45, 2.75) is 13.8 Å². The summed E-state index contributed by atoms with van der Waals surface area (Å²) in [5, 5.41) is 3.20. The number of aryl methyl sites for hydroxylation is 1. The molecule has 0 aliphatic rings. The molecule has 17 heavy (non-hydrogen) atoms. The van der Waals surface area contributed by atoms with Crippen molar-refractivity contribution in [1.29, 1.82) is 0 Å². The topological polar surface area (TPSA) is 58.6 Å². The Labute approximate surface area is 104 Å². The van der Waals surface area contributed by atoms with Gasteiger partial charge in [0.25, 0.3) is 0 Å². The zero-order valence-corrected chi connectivity index (χ0v) is 11.2. The molecular weight excluding hydrogens is 240 g/mol. The summed E-state index contributed by atoms with van der Waals surface area (Å²) in [7, 11) is 3.28. The van der Waals surface area contributed by atoms with Gasteiger partial charge in [0.2, 0.25) is 0 Å². The van der Waals surface area contributed by atoms with Gasteiger partial charge in [-0.15, -0.1) is 11.3 Å². The van der Waals surface area contributed by atoms with Crippen molar-refractivity contribution in [2.75, 3.05) is 26.0 Å². The van der Waals surface area contributed by atoms with Crippen molar-refractivity contribution >= 4 is 28.3 Å². The molecule has 0 atom stereocenters. The third kappa shape index (κ3) is 3.45. The zero-order valence-electron chi connectivity index (χ0n) is 10.4. The first kappa shape index (κ1) is 13.5. The van der Waals surface area contributed by atoms with Crippen LogP contribution in [0.5, 0.6) is 0 Å². The number of carbonyl (C=O) groups excluding carboxylic acids is 2. The molecule has 1 rings (SSSR count). The first-order valence-corrected chi connectivity index (χ1v) is 6.03. The molecule has 0 radical (unpaired) electrons. The molecular formula is C11H16N2O3S. The lowest BCUT2D eigenvalue weighted by Gasteiger charge is -2.11. The van der Waals surface area contributed by atoms with Gasteiger partial charge in [0.05, 0.1) is 12.2 Å². The number of thiophene rings is 1. The molecule has 1 N–H and O–H groups in total. The molecule has 0 aliphatic heterocycles. The van der Waals surface area contributed by atoms with Crippen LogP contribution in [0.1, 0.15) is 22.2 Å². The van der Waals surface area contributed by atoms with Gasteiger partial charge in [0.15, 0.2) is 0 Å². The van der Waals surface area contributed by atoms with Crippen LogP contribution in [-0.2, 0) is 4.74 Å². The summed E-state index contributed by atoms with van der Waals surface area (Å²) in [5.41, 5.74) is 0.407. The van der Waals surface area contributed by atoms with E-state index in [1.807, 2.05) is 6.92 Å². The highest BCUT2D eigenvalue weighted by atomic mass is 32.1. The molecule has 94 valence electrons. The summed E-state index contributed by atoms with van der Waals surface area (Å²) in [6.45, 7) is 3.93. The lowest BCUT2D eigenvalue weighted by molar-refractivity contribution is 0.0528. The predicted molar refractivity (Wildman–Crippen MR) is 67.7 cm³/mol. The maximum atomic E-state index is 11.6. The van der Waals surface area contributed by atoms with E-state index in [1.165, 1.54) is 16.2 Å². The van der Waals surface area contributed by atoms with Gasteiger partial charge in [-0.2, -0.15) is 0 Å². The van der Waals surface area contributed by atoms with E-state index in [0.717, 1.165) is 4.88 Å². The number of nitrogens with one attached hydrogen (secondary N) is 1. The average Bonchev–Trinajstić information content (AvgIpc) is 2.59. The van der Waals surface area contributed by atoms with Crippen LogP contribution in [0.25, 0.3) is 0 Å². The molecule has 0 spiro atoms. The fourth-order valence-corrected chi connectivity index (χ4v) is 2.07. The lowest BCUT2D eigenvalue weighted by atomic mass is 10.3. The van der Waals surface area contributed by atoms with Gasteiger partial charge in [-0.25, -0.2) is 9.59 Å². The number of ether oxygens (including phenoxy) is 1. The molecule has 0 bridgehead atoms. The SMILES string of the molecule is CCOC(=O)c1cc(C)sc1NC(=O)N(C)C. The van der Waals surface area contributed by atoms with Crippen molar-refractivity contribution in [1.82, 2.24) is 4.90 Å². The van der Waals surface area contributed by atoms with Crippen LogP contribution in [0.3, 0.4) is 0 Å². The van der Waals surface area contributed by atoms with Gasteiger partial charge in [0.1, 0.15) is 5.00 Å². The summed E-state index contributed by atoms with van der Waals surface area (Å²) in [6, 6.07) is 1.45. The third-order valence-electron chi connectivity index (χ3n) is 1.98. The van der Waals surface area contributed by atoms with Crippen LogP contribution in [0.4, 0.5) is 9.80 Å². The second kappa shape index (κ2) is 5.67. The van der Waals surface area contributed by atoms with Crippen LogP contribution in [0, 0.1) is 6.92 Å². The molecule has 1 heterocycles. The van der Waals surface area contributed by atoms with E-state index in [1.54, 1.807) is 27.1 Å². The first-order chi connectivity index (χ1) is 7.95. The number of urea groups is 1. The summed E-state index contributed by atoms with van der Waals surface area (Å²) >= 11 is 1.35. The summed E-state index contributed by atoms with van der Waals surface area (Å²) in [4.78, 5) is 25.5. The van der Waals surface area contributed by atoms with Crippen LogP contribution in [-0.4, -0.2) is 37.6 Å².